The van der Waals surface area contributed by atoms with E-state index in [1.54, 1.807) is 10.9 Å². The Labute approximate surface area is 226 Å². The molecule has 1 aliphatic rings. The largest absolute Gasteiger partial charge is 0.416 e. The predicted molar refractivity (Wildman–Crippen MR) is 129 cm³/mol. The molecule has 1 saturated heterocycles. The number of rotatable bonds is 8. The lowest BCUT2D eigenvalue weighted by Gasteiger charge is -2.41. The summed E-state index contributed by atoms with van der Waals surface area (Å²) >= 11 is 0. The summed E-state index contributed by atoms with van der Waals surface area (Å²) in [5, 5.41) is 8.29. The van der Waals surface area contributed by atoms with Crippen molar-refractivity contribution in [3.63, 3.8) is 0 Å². The highest BCUT2D eigenvalue weighted by atomic mass is 19.4. The number of hydrogen-bond donors (Lipinski definition) is 0. The Morgan fingerprint density at radius 2 is 1.65 bits per heavy atom. The van der Waals surface area contributed by atoms with Crippen LogP contribution in [0.15, 0.2) is 48.7 Å². The molecule has 7 nitrogen and oxygen atoms in total. The van der Waals surface area contributed by atoms with Crippen molar-refractivity contribution in [3.05, 3.63) is 82.4 Å². The molecule has 0 bridgehead atoms. The molecular weight excluding hydrogens is 547 g/mol. The van der Waals surface area contributed by atoms with Gasteiger partial charge in [-0.3, -0.25) is 4.90 Å². The Morgan fingerprint density at radius 3 is 2.23 bits per heavy atom. The quantitative estimate of drug-likeness (QED) is 0.324. The zero-order chi connectivity index (χ0) is 29.2. The van der Waals surface area contributed by atoms with Crippen LogP contribution in [0.5, 0.6) is 0 Å². The monoisotopic (exact) mass is 575 g/mol. The highest BCUT2D eigenvalue weighted by Crippen LogP contribution is 2.39. The van der Waals surface area contributed by atoms with E-state index in [-0.39, 0.29) is 24.9 Å². The summed E-state index contributed by atoms with van der Waals surface area (Å²) in [6, 6.07) is 6.18. The Balaban J connectivity index is 1.64. The van der Waals surface area contributed by atoms with E-state index in [1.165, 1.54) is 31.2 Å². The van der Waals surface area contributed by atoms with E-state index in [1.807, 2.05) is 23.9 Å². The molecule has 0 radical (unpaired) electrons. The molecule has 0 unspecified atom stereocenters. The molecule has 14 heteroatoms. The van der Waals surface area contributed by atoms with Gasteiger partial charge in [-0.05, 0) is 62.5 Å². The van der Waals surface area contributed by atoms with Crippen LogP contribution in [0.3, 0.4) is 0 Å². The second-order valence-corrected chi connectivity index (χ2v) is 9.79. The van der Waals surface area contributed by atoms with Gasteiger partial charge in [0.2, 0.25) is 0 Å². The minimum Gasteiger partial charge on any atom is -0.349 e. The molecule has 0 aliphatic carbocycles. The molecule has 1 fully saturated rings. The average Bonchev–Trinajstić information content (AvgIpc) is 3.29. The Kier molecular flexibility index (Phi) is 8.83. The van der Waals surface area contributed by atoms with Crippen LogP contribution in [0, 0.1) is 5.82 Å². The Morgan fingerprint density at radius 1 is 1.02 bits per heavy atom. The van der Waals surface area contributed by atoms with Crippen molar-refractivity contribution in [1.29, 1.82) is 0 Å². The topological polar surface area (TPSA) is 55.7 Å². The van der Waals surface area contributed by atoms with Crippen LogP contribution in [0.4, 0.5) is 30.7 Å². The van der Waals surface area contributed by atoms with Gasteiger partial charge >= 0.3 is 12.4 Å². The third kappa shape index (κ3) is 7.36. The van der Waals surface area contributed by atoms with Crippen LogP contribution in [0.2, 0.25) is 0 Å². The lowest BCUT2D eigenvalue weighted by molar-refractivity contribution is -0.234. The van der Waals surface area contributed by atoms with E-state index < -0.39 is 47.7 Å². The van der Waals surface area contributed by atoms with Gasteiger partial charge in [-0.15, -0.1) is 5.10 Å². The molecule has 40 heavy (non-hydrogen) atoms. The van der Waals surface area contributed by atoms with Gasteiger partial charge in [0.25, 0.3) is 0 Å². The van der Waals surface area contributed by atoms with Gasteiger partial charge < -0.3 is 14.4 Å². The highest BCUT2D eigenvalue weighted by Gasteiger charge is 2.39. The molecule has 0 N–H and O–H groups in total. The Hall–Kier alpha value is -3.07. The first kappa shape index (κ1) is 29.9. The fourth-order valence-corrected chi connectivity index (χ4v) is 4.47. The van der Waals surface area contributed by atoms with Gasteiger partial charge in [0.1, 0.15) is 5.82 Å². The van der Waals surface area contributed by atoms with Crippen LogP contribution < -0.4 is 0 Å². The zero-order valence-electron chi connectivity index (χ0n) is 21.9. The molecule has 3 atom stereocenters. The number of alkyl halides is 6. The number of benzene rings is 2. The molecule has 2 aromatic carbocycles. The molecule has 0 amide bonds. The smallest absolute Gasteiger partial charge is 0.349 e. The third-order valence-corrected chi connectivity index (χ3v) is 6.33. The number of nitrogens with zero attached hydrogens (tertiary/aromatic N) is 5. The van der Waals surface area contributed by atoms with E-state index >= 15 is 0 Å². The SMILES string of the molecule is C[C@@H](O[C@H]1OCCN(Cn2cc(CN(C)C)nn2)[C@H]1c1ccc(F)cc1)c1cc(C(F)(F)F)cc(C(F)(F)F)c1. The van der Waals surface area contributed by atoms with E-state index in [4.69, 9.17) is 9.47 Å². The standard InChI is InChI=1S/C26H28F7N5O2/c1-16(18-10-19(25(28,29)30)12-20(11-18)26(31,32)33)40-24-23(17-4-6-21(27)7-5-17)37(8-9-39-24)15-38-14-22(34-35-38)13-36(2)3/h4-7,10-12,14,16,23-24H,8-9,13,15H2,1-3H3/t16-,23+,24-/m1/s1. The second kappa shape index (κ2) is 11.8. The highest BCUT2D eigenvalue weighted by molar-refractivity contribution is 5.34. The van der Waals surface area contributed by atoms with Crippen molar-refractivity contribution >= 4 is 0 Å². The van der Waals surface area contributed by atoms with Gasteiger partial charge in [-0.25, -0.2) is 9.07 Å². The minimum atomic E-state index is -4.99. The first-order valence-corrected chi connectivity index (χ1v) is 12.3. The average molecular weight is 576 g/mol. The minimum absolute atomic E-state index is 0.0685. The molecule has 0 saturated carbocycles. The van der Waals surface area contributed by atoms with Crippen LogP contribution >= 0.6 is 0 Å². The molecule has 3 aromatic rings. The van der Waals surface area contributed by atoms with Crippen molar-refractivity contribution in [2.75, 3.05) is 27.2 Å². The summed E-state index contributed by atoms with van der Waals surface area (Å²) in [5.74, 6) is -0.480. The fraction of sp³-hybridized carbons (Fsp3) is 0.462. The van der Waals surface area contributed by atoms with Gasteiger partial charge in [0, 0.05) is 13.1 Å². The van der Waals surface area contributed by atoms with Gasteiger partial charge in [-0.2, -0.15) is 26.3 Å². The maximum atomic E-state index is 13.7. The summed E-state index contributed by atoms with van der Waals surface area (Å²) in [6.45, 7) is 2.68. The second-order valence-electron chi connectivity index (χ2n) is 9.79. The summed E-state index contributed by atoms with van der Waals surface area (Å²) in [4.78, 5) is 3.84. The van der Waals surface area contributed by atoms with E-state index in [2.05, 4.69) is 10.3 Å². The summed E-state index contributed by atoms with van der Waals surface area (Å²) in [7, 11) is 3.77. The number of ether oxygens (including phenoxy) is 2. The van der Waals surface area contributed by atoms with Gasteiger partial charge in [0.05, 0.1) is 48.4 Å². The maximum absolute atomic E-state index is 13.7. The molecule has 218 valence electrons. The molecule has 4 rings (SSSR count). The molecule has 0 spiro atoms. The first-order chi connectivity index (χ1) is 18.7. The van der Waals surface area contributed by atoms with Crippen molar-refractivity contribution in [2.45, 2.75) is 50.9 Å². The number of hydrogen-bond acceptors (Lipinski definition) is 6. The van der Waals surface area contributed by atoms with Crippen LogP contribution in [0.25, 0.3) is 0 Å². The molecular formula is C26H28F7N5O2. The molecule has 1 aliphatic heterocycles. The van der Waals surface area contributed by atoms with E-state index in [9.17, 15) is 30.7 Å². The Bertz CT molecular complexity index is 1250. The molecule has 1 aromatic heterocycles. The number of halogens is 7. The summed E-state index contributed by atoms with van der Waals surface area (Å²) < 4.78 is 108. The zero-order valence-corrected chi connectivity index (χ0v) is 21.9. The van der Waals surface area contributed by atoms with E-state index in [0.29, 0.717) is 30.8 Å². The summed E-state index contributed by atoms with van der Waals surface area (Å²) in [6.07, 6.45) is -10.5. The van der Waals surface area contributed by atoms with Gasteiger partial charge in [0.15, 0.2) is 6.29 Å². The van der Waals surface area contributed by atoms with Crippen molar-refractivity contribution in [1.82, 2.24) is 24.8 Å². The van der Waals surface area contributed by atoms with Crippen LogP contribution in [0.1, 0.15) is 47.0 Å². The maximum Gasteiger partial charge on any atom is 0.416 e. The molecule has 2 heterocycles. The van der Waals surface area contributed by atoms with Crippen molar-refractivity contribution in [3.8, 4) is 0 Å². The normalized spacial score (nSPS) is 19.8. The lowest BCUT2D eigenvalue weighted by atomic mass is 10.0. The van der Waals surface area contributed by atoms with Crippen molar-refractivity contribution in [2.24, 2.45) is 0 Å². The number of aromatic nitrogens is 3. The third-order valence-electron chi connectivity index (χ3n) is 6.33. The lowest BCUT2D eigenvalue weighted by Crippen LogP contribution is -2.47. The van der Waals surface area contributed by atoms with E-state index in [0.717, 1.165) is 5.69 Å². The van der Waals surface area contributed by atoms with Gasteiger partial charge in [-0.1, -0.05) is 17.3 Å². The first-order valence-electron chi connectivity index (χ1n) is 12.3. The van der Waals surface area contributed by atoms with Crippen molar-refractivity contribution < 1.29 is 40.2 Å². The number of morpholine rings is 1. The fourth-order valence-electron chi connectivity index (χ4n) is 4.47. The van der Waals surface area contributed by atoms with Crippen LogP contribution in [-0.4, -0.2) is 58.3 Å². The summed E-state index contributed by atoms with van der Waals surface area (Å²) in [5.41, 5.74) is -1.89. The van der Waals surface area contributed by atoms with Crippen LogP contribution in [-0.2, 0) is 35.0 Å². The predicted octanol–water partition coefficient (Wildman–Crippen LogP) is 5.65.